The smallest absolute Gasteiger partial charge is 0.135 e. The number of hydrogen-bond donors (Lipinski definition) is 0. The van der Waals surface area contributed by atoms with E-state index in [1.165, 1.54) is 0 Å². The molecule has 0 unspecified atom stereocenters. The Morgan fingerprint density at radius 2 is 1.08 bits per heavy atom. The van der Waals surface area contributed by atoms with Gasteiger partial charge in [0.15, 0.2) is 0 Å². The summed E-state index contributed by atoms with van der Waals surface area (Å²) in [6.45, 7) is 0. The van der Waals surface area contributed by atoms with Gasteiger partial charge in [-0.2, -0.15) is 10.5 Å². The summed E-state index contributed by atoms with van der Waals surface area (Å²) < 4.78 is 6.09. The maximum absolute atomic E-state index is 10.0. The first-order chi connectivity index (χ1) is 18.3. The van der Waals surface area contributed by atoms with E-state index in [-0.39, 0.29) is 0 Å². The summed E-state index contributed by atoms with van der Waals surface area (Å²) in [6.07, 6.45) is 0. The normalized spacial score (nSPS) is 11.2. The third kappa shape index (κ3) is 3.05. The van der Waals surface area contributed by atoms with E-state index < -0.39 is 0 Å². The Bertz CT molecular complexity index is 2060. The topological polar surface area (TPSA) is 60.7 Å². The number of furan rings is 1. The van der Waals surface area contributed by atoms with Crippen molar-refractivity contribution in [1.82, 2.24) is 0 Å². The van der Waals surface area contributed by atoms with Crippen LogP contribution in [0.5, 0.6) is 0 Å². The second kappa shape index (κ2) is 8.09. The van der Waals surface area contributed by atoms with Crippen molar-refractivity contribution in [3.63, 3.8) is 0 Å². The lowest BCUT2D eigenvalue weighted by molar-refractivity contribution is 0.669. The highest BCUT2D eigenvalue weighted by Gasteiger charge is 2.20. The second-order valence-electron chi connectivity index (χ2n) is 9.10. The fourth-order valence-electron chi connectivity index (χ4n) is 5.59. The quantitative estimate of drug-likeness (QED) is 0.237. The van der Waals surface area contributed by atoms with Gasteiger partial charge in [0.25, 0.3) is 0 Å². The molecule has 0 bridgehead atoms. The molecular weight excluding hydrogens is 452 g/mol. The zero-order valence-corrected chi connectivity index (χ0v) is 19.7. The molecule has 170 valence electrons. The molecular formula is C34H18N2O. The van der Waals surface area contributed by atoms with Gasteiger partial charge in [0.05, 0.1) is 11.1 Å². The van der Waals surface area contributed by atoms with Gasteiger partial charge in [-0.1, -0.05) is 84.9 Å². The molecule has 3 nitrogen and oxygen atoms in total. The predicted molar refractivity (Wildman–Crippen MR) is 149 cm³/mol. The van der Waals surface area contributed by atoms with Crippen LogP contribution in [0.1, 0.15) is 11.1 Å². The van der Waals surface area contributed by atoms with Gasteiger partial charge in [0.2, 0.25) is 0 Å². The van der Waals surface area contributed by atoms with Gasteiger partial charge < -0.3 is 4.42 Å². The van der Waals surface area contributed by atoms with Crippen LogP contribution >= 0.6 is 0 Å². The van der Waals surface area contributed by atoms with E-state index in [0.717, 1.165) is 65.7 Å². The molecule has 0 N–H and O–H groups in total. The van der Waals surface area contributed by atoms with Gasteiger partial charge in [-0.05, 0) is 62.5 Å². The van der Waals surface area contributed by atoms with Crippen LogP contribution in [0.4, 0.5) is 0 Å². The largest absolute Gasteiger partial charge is 0.456 e. The van der Waals surface area contributed by atoms with Gasteiger partial charge in [0.1, 0.15) is 23.3 Å². The minimum atomic E-state index is 0.384. The molecule has 0 radical (unpaired) electrons. The summed E-state index contributed by atoms with van der Waals surface area (Å²) in [5.74, 6) is 0. The number of rotatable bonds is 2. The molecule has 37 heavy (non-hydrogen) atoms. The number of nitrogens with zero attached hydrogens (tertiary/aromatic N) is 2. The number of hydrogen-bond acceptors (Lipinski definition) is 3. The van der Waals surface area contributed by atoms with E-state index in [4.69, 9.17) is 4.42 Å². The lowest BCUT2D eigenvalue weighted by Crippen LogP contribution is -1.94. The molecule has 7 aromatic rings. The van der Waals surface area contributed by atoms with Crippen LogP contribution in [0.3, 0.4) is 0 Å². The average Bonchev–Trinajstić information content (AvgIpc) is 3.33. The minimum Gasteiger partial charge on any atom is -0.456 e. The zero-order valence-electron chi connectivity index (χ0n) is 19.7. The second-order valence-corrected chi connectivity index (χ2v) is 9.10. The maximum atomic E-state index is 10.0. The molecule has 6 aromatic carbocycles. The van der Waals surface area contributed by atoms with Crippen molar-refractivity contribution < 1.29 is 4.42 Å². The summed E-state index contributed by atoms with van der Waals surface area (Å²) in [7, 11) is 0. The van der Waals surface area contributed by atoms with Crippen molar-refractivity contribution in [2.75, 3.05) is 0 Å². The van der Waals surface area contributed by atoms with E-state index in [1.54, 1.807) is 6.07 Å². The lowest BCUT2D eigenvalue weighted by Gasteiger charge is -2.18. The minimum absolute atomic E-state index is 0.384. The Labute approximate surface area is 213 Å². The maximum Gasteiger partial charge on any atom is 0.135 e. The van der Waals surface area contributed by atoms with Crippen molar-refractivity contribution in [3.05, 3.63) is 120 Å². The summed E-state index contributed by atoms with van der Waals surface area (Å²) in [5.41, 5.74) is 6.51. The molecule has 0 aliphatic rings. The first kappa shape index (κ1) is 20.9. The van der Waals surface area contributed by atoms with Gasteiger partial charge in [-0.3, -0.25) is 0 Å². The van der Waals surface area contributed by atoms with Gasteiger partial charge in [0, 0.05) is 16.3 Å². The highest BCUT2D eigenvalue weighted by Crippen LogP contribution is 2.45. The fraction of sp³-hybridized carbons (Fsp3) is 0. The third-order valence-corrected chi connectivity index (χ3v) is 7.16. The highest BCUT2D eigenvalue weighted by atomic mass is 16.3. The fourth-order valence-corrected chi connectivity index (χ4v) is 5.59. The summed E-state index contributed by atoms with van der Waals surface area (Å²) in [4.78, 5) is 0. The molecule has 7 rings (SSSR count). The number of para-hydroxylation sites is 1. The van der Waals surface area contributed by atoms with Crippen molar-refractivity contribution in [1.29, 1.82) is 10.5 Å². The first-order valence-electron chi connectivity index (χ1n) is 12.1. The first-order valence-corrected chi connectivity index (χ1v) is 12.1. The number of fused-ring (bicyclic) bond motifs is 5. The number of benzene rings is 6. The Morgan fingerprint density at radius 1 is 0.486 bits per heavy atom. The number of nitriles is 2. The Morgan fingerprint density at radius 3 is 1.73 bits per heavy atom. The molecule has 0 aliphatic carbocycles. The van der Waals surface area contributed by atoms with Gasteiger partial charge in [-0.15, -0.1) is 0 Å². The molecule has 0 amide bonds. The zero-order chi connectivity index (χ0) is 24.9. The molecule has 0 saturated heterocycles. The Kier molecular flexibility index (Phi) is 4.58. The standard InChI is InChI=1S/C34H18N2O/c35-19-22-8-7-14-28(30(22)20-36)34-26-12-3-1-10-24(26)33(25-11-2-4-13-27(25)34)21-16-17-32-29(18-21)23-9-5-6-15-31(23)37-32/h1-18H. The summed E-state index contributed by atoms with van der Waals surface area (Å²) >= 11 is 0. The van der Waals surface area contributed by atoms with Crippen molar-refractivity contribution in [2.24, 2.45) is 0 Å². The predicted octanol–water partition coefficient (Wildman–Crippen LogP) is 8.97. The molecule has 0 aliphatic heterocycles. The summed E-state index contributed by atoms with van der Waals surface area (Å²) in [6, 6.07) is 41.1. The van der Waals surface area contributed by atoms with Crippen LogP contribution < -0.4 is 0 Å². The van der Waals surface area contributed by atoms with E-state index in [2.05, 4.69) is 54.6 Å². The monoisotopic (exact) mass is 470 g/mol. The van der Waals surface area contributed by atoms with Gasteiger partial charge in [-0.25, -0.2) is 0 Å². The van der Waals surface area contributed by atoms with Crippen LogP contribution in [-0.2, 0) is 0 Å². The molecule has 1 heterocycles. The highest BCUT2D eigenvalue weighted by molar-refractivity contribution is 6.22. The molecule has 0 saturated carbocycles. The van der Waals surface area contributed by atoms with Crippen molar-refractivity contribution >= 4 is 43.5 Å². The molecule has 0 atom stereocenters. The van der Waals surface area contributed by atoms with Gasteiger partial charge >= 0.3 is 0 Å². The SMILES string of the molecule is N#Cc1cccc(-c2c3ccccc3c(-c3ccc4oc5ccccc5c4c3)c3ccccc23)c1C#N. The van der Waals surface area contributed by atoms with Crippen LogP contribution in [0.2, 0.25) is 0 Å². The lowest BCUT2D eigenvalue weighted by atomic mass is 9.84. The molecule has 0 fully saturated rings. The molecule has 3 heteroatoms. The Balaban J connectivity index is 1.63. The van der Waals surface area contributed by atoms with Crippen LogP contribution in [-0.4, -0.2) is 0 Å². The molecule has 0 spiro atoms. The average molecular weight is 471 g/mol. The Hall–Kier alpha value is -5.38. The van der Waals surface area contributed by atoms with Crippen LogP contribution in [0.25, 0.3) is 65.7 Å². The molecule has 1 aromatic heterocycles. The van der Waals surface area contributed by atoms with Crippen LogP contribution in [0.15, 0.2) is 114 Å². The van der Waals surface area contributed by atoms with Crippen molar-refractivity contribution in [3.8, 4) is 34.4 Å². The summed E-state index contributed by atoms with van der Waals surface area (Å²) in [5, 5.41) is 26.1. The van der Waals surface area contributed by atoms with E-state index in [1.807, 2.05) is 60.7 Å². The van der Waals surface area contributed by atoms with E-state index >= 15 is 0 Å². The van der Waals surface area contributed by atoms with E-state index in [0.29, 0.717) is 11.1 Å². The third-order valence-electron chi connectivity index (χ3n) is 7.16. The van der Waals surface area contributed by atoms with Crippen molar-refractivity contribution in [2.45, 2.75) is 0 Å². The van der Waals surface area contributed by atoms with E-state index in [9.17, 15) is 10.5 Å². The van der Waals surface area contributed by atoms with Crippen LogP contribution in [0, 0.1) is 22.7 Å².